The molecule has 5 heteroatoms. The highest BCUT2D eigenvalue weighted by Crippen LogP contribution is 2.37. The molecule has 1 N–H and O–H groups in total. The first-order chi connectivity index (χ1) is 12.7. The zero-order chi connectivity index (χ0) is 18.1. The monoisotopic (exact) mass is 348 g/mol. The highest BCUT2D eigenvalue weighted by Gasteiger charge is 2.35. The molecule has 0 saturated heterocycles. The molecule has 1 atom stereocenters. The number of fused-ring (bicyclic) bond motifs is 1. The van der Waals surface area contributed by atoms with Gasteiger partial charge in [-0.3, -0.25) is 9.69 Å². The third-order valence-corrected chi connectivity index (χ3v) is 4.48. The Morgan fingerprint density at radius 2 is 1.65 bits per heavy atom. The van der Waals surface area contributed by atoms with Gasteiger partial charge in [0.25, 0.3) is 5.91 Å². The van der Waals surface area contributed by atoms with Crippen LogP contribution in [-0.4, -0.2) is 13.0 Å². The number of rotatable bonds is 3. The third kappa shape index (κ3) is 2.67. The number of methoxy groups -OCH3 is 1. The number of benzene rings is 3. The smallest absolute Gasteiger partial charge is 0.262 e. The van der Waals surface area contributed by atoms with E-state index in [9.17, 15) is 9.18 Å². The summed E-state index contributed by atoms with van der Waals surface area (Å²) in [6.07, 6.45) is -0.646. The molecule has 0 bridgehead atoms. The van der Waals surface area contributed by atoms with Crippen LogP contribution in [0.25, 0.3) is 0 Å². The number of para-hydroxylation sites is 1. The lowest BCUT2D eigenvalue weighted by Gasteiger charge is -2.38. The highest BCUT2D eigenvalue weighted by molar-refractivity contribution is 6.12. The average Bonchev–Trinajstić information content (AvgIpc) is 2.68. The van der Waals surface area contributed by atoms with E-state index in [1.54, 1.807) is 60.5 Å². The molecule has 3 aromatic rings. The van der Waals surface area contributed by atoms with Crippen LogP contribution in [-0.2, 0) is 0 Å². The molecule has 1 heterocycles. The van der Waals surface area contributed by atoms with Crippen molar-refractivity contribution in [2.45, 2.75) is 6.17 Å². The SMILES string of the molecule is COc1ccc(N2C(=O)c3ccccc3N[C@H]2c2ccccc2F)cc1. The van der Waals surface area contributed by atoms with Gasteiger partial charge in [0.15, 0.2) is 0 Å². The number of halogens is 1. The van der Waals surface area contributed by atoms with Crippen LogP contribution in [0.15, 0.2) is 72.8 Å². The normalized spacial score (nSPS) is 16.0. The van der Waals surface area contributed by atoms with Gasteiger partial charge in [0.2, 0.25) is 0 Å². The summed E-state index contributed by atoms with van der Waals surface area (Å²) in [5.74, 6) is 0.141. The fourth-order valence-electron chi connectivity index (χ4n) is 3.18. The second-order valence-electron chi connectivity index (χ2n) is 5.99. The van der Waals surface area contributed by atoms with Gasteiger partial charge in [0.05, 0.1) is 12.7 Å². The summed E-state index contributed by atoms with van der Waals surface area (Å²) in [4.78, 5) is 14.8. The standard InChI is InChI=1S/C21H17FN2O2/c1-26-15-12-10-14(11-13-15)24-20(16-6-2-4-8-18(16)22)23-19-9-5-3-7-17(19)21(24)25/h2-13,20,23H,1H3/t20-/m1/s1. The molecule has 3 aromatic carbocycles. The van der Waals surface area contributed by atoms with E-state index in [1.807, 2.05) is 18.2 Å². The summed E-state index contributed by atoms with van der Waals surface area (Å²) in [7, 11) is 1.58. The maximum Gasteiger partial charge on any atom is 0.262 e. The van der Waals surface area contributed by atoms with Crippen molar-refractivity contribution >= 4 is 17.3 Å². The molecule has 0 unspecified atom stereocenters. The van der Waals surface area contributed by atoms with Crippen molar-refractivity contribution in [2.75, 3.05) is 17.3 Å². The van der Waals surface area contributed by atoms with E-state index in [2.05, 4.69) is 5.32 Å². The molecule has 26 heavy (non-hydrogen) atoms. The molecule has 1 amide bonds. The largest absolute Gasteiger partial charge is 0.497 e. The third-order valence-electron chi connectivity index (χ3n) is 4.48. The average molecular weight is 348 g/mol. The molecule has 0 saturated carbocycles. The lowest BCUT2D eigenvalue weighted by Crippen LogP contribution is -2.43. The van der Waals surface area contributed by atoms with Gasteiger partial charge in [-0.15, -0.1) is 0 Å². The van der Waals surface area contributed by atoms with Gasteiger partial charge in [-0.2, -0.15) is 0 Å². The van der Waals surface area contributed by atoms with Gasteiger partial charge in [0.1, 0.15) is 17.7 Å². The fourth-order valence-corrected chi connectivity index (χ4v) is 3.18. The fraction of sp³-hybridized carbons (Fsp3) is 0.0952. The summed E-state index contributed by atoms with van der Waals surface area (Å²) < 4.78 is 19.7. The van der Waals surface area contributed by atoms with Gasteiger partial charge < -0.3 is 10.1 Å². The minimum Gasteiger partial charge on any atom is -0.497 e. The van der Waals surface area contributed by atoms with Crippen molar-refractivity contribution in [3.63, 3.8) is 0 Å². The van der Waals surface area contributed by atoms with E-state index in [-0.39, 0.29) is 11.7 Å². The minimum atomic E-state index is -0.646. The van der Waals surface area contributed by atoms with Crippen molar-refractivity contribution < 1.29 is 13.9 Å². The highest BCUT2D eigenvalue weighted by atomic mass is 19.1. The molecule has 0 spiro atoms. The Labute approximate surface area is 150 Å². The summed E-state index contributed by atoms with van der Waals surface area (Å²) >= 11 is 0. The Morgan fingerprint density at radius 1 is 0.962 bits per heavy atom. The van der Waals surface area contributed by atoms with E-state index in [0.717, 1.165) is 0 Å². The number of nitrogens with one attached hydrogen (secondary N) is 1. The Balaban J connectivity index is 1.86. The van der Waals surface area contributed by atoms with Crippen molar-refractivity contribution in [3.05, 3.63) is 89.7 Å². The molecule has 130 valence electrons. The number of amides is 1. The molecule has 0 fully saturated rings. The predicted molar refractivity (Wildman–Crippen MR) is 99.0 cm³/mol. The molecule has 4 rings (SSSR count). The number of carbonyl (C=O) groups is 1. The lowest BCUT2D eigenvalue weighted by atomic mass is 10.0. The number of hydrogen-bond donors (Lipinski definition) is 1. The number of carbonyl (C=O) groups excluding carboxylic acids is 1. The van der Waals surface area contributed by atoms with Gasteiger partial charge in [-0.25, -0.2) is 4.39 Å². The number of nitrogens with zero attached hydrogens (tertiary/aromatic N) is 1. The Bertz CT molecular complexity index is 956. The Hall–Kier alpha value is -3.34. The van der Waals surface area contributed by atoms with Crippen LogP contribution < -0.4 is 15.0 Å². The number of anilines is 2. The quantitative estimate of drug-likeness (QED) is 0.752. The molecule has 0 radical (unpaired) electrons. The predicted octanol–water partition coefficient (Wildman–Crippen LogP) is 4.61. The molecular formula is C21H17FN2O2. The molecule has 0 aliphatic carbocycles. The van der Waals surface area contributed by atoms with Crippen molar-refractivity contribution in [2.24, 2.45) is 0 Å². The first-order valence-corrected chi connectivity index (χ1v) is 8.26. The van der Waals surface area contributed by atoms with Crippen LogP contribution in [0.1, 0.15) is 22.1 Å². The van der Waals surface area contributed by atoms with Crippen LogP contribution >= 0.6 is 0 Å². The second-order valence-corrected chi connectivity index (χ2v) is 5.99. The summed E-state index contributed by atoms with van der Waals surface area (Å²) in [6.45, 7) is 0. The molecule has 1 aliphatic rings. The topological polar surface area (TPSA) is 41.6 Å². The number of hydrogen-bond acceptors (Lipinski definition) is 3. The van der Waals surface area contributed by atoms with E-state index in [0.29, 0.717) is 28.3 Å². The number of ether oxygens (including phenoxy) is 1. The van der Waals surface area contributed by atoms with Crippen LogP contribution in [0, 0.1) is 5.82 Å². The van der Waals surface area contributed by atoms with Gasteiger partial charge in [0, 0.05) is 16.9 Å². The Morgan fingerprint density at radius 3 is 2.38 bits per heavy atom. The molecular weight excluding hydrogens is 331 g/mol. The zero-order valence-electron chi connectivity index (χ0n) is 14.1. The van der Waals surface area contributed by atoms with Crippen LogP contribution in [0.2, 0.25) is 0 Å². The minimum absolute atomic E-state index is 0.183. The van der Waals surface area contributed by atoms with E-state index < -0.39 is 6.17 Å². The second kappa shape index (κ2) is 6.52. The first-order valence-electron chi connectivity index (χ1n) is 8.26. The van der Waals surface area contributed by atoms with Gasteiger partial charge in [-0.05, 0) is 42.5 Å². The Kier molecular flexibility index (Phi) is 4.05. The molecule has 4 nitrogen and oxygen atoms in total. The summed E-state index contributed by atoms with van der Waals surface area (Å²) in [5, 5.41) is 3.30. The van der Waals surface area contributed by atoms with Crippen LogP contribution in [0.5, 0.6) is 5.75 Å². The van der Waals surface area contributed by atoms with Crippen LogP contribution in [0.3, 0.4) is 0 Å². The maximum atomic E-state index is 14.5. The lowest BCUT2D eigenvalue weighted by molar-refractivity contribution is 0.0974. The van der Waals surface area contributed by atoms with Crippen molar-refractivity contribution in [3.8, 4) is 5.75 Å². The van der Waals surface area contributed by atoms with Crippen molar-refractivity contribution in [1.82, 2.24) is 0 Å². The summed E-state index contributed by atoms with van der Waals surface area (Å²) in [6, 6.07) is 20.9. The van der Waals surface area contributed by atoms with Crippen LogP contribution in [0.4, 0.5) is 15.8 Å². The van der Waals surface area contributed by atoms with E-state index in [1.165, 1.54) is 6.07 Å². The van der Waals surface area contributed by atoms with Gasteiger partial charge in [-0.1, -0.05) is 30.3 Å². The zero-order valence-corrected chi connectivity index (χ0v) is 14.1. The maximum absolute atomic E-state index is 14.5. The molecule has 1 aliphatic heterocycles. The first kappa shape index (κ1) is 16.1. The summed E-state index contributed by atoms with van der Waals surface area (Å²) in [5.41, 5.74) is 2.31. The van der Waals surface area contributed by atoms with E-state index in [4.69, 9.17) is 4.74 Å². The van der Waals surface area contributed by atoms with Crippen molar-refractivity contribution in [1.29, 1.82) is 0 Å². The van der Waals surface area contributed by atoms with E-state index >= 15 is 0 Å². The molecule has 0 aromatic heterocycles. The van der Waals surface area contributed by atoms with Gasteiger partial charge >= 0.3 is 0 Å².